The summed E-state index contributed by atoms with van der Waals surface area (Å²) in [6, 6.07) is 13.8. The molecule has 6 rings (SSSR count). The number of hydrogen-bond acceptors (Lipinski definition) is 9. The quantitative estimate of drug-likeness (QED) is 0.377. The van der Waals surface area contributed by atoms with Gasteiger partial charge in [0.15, 0.2) is 6.29 Å². The number of rotatable bonds is 5. The first kappa shape index (κ1) is 23.6. The summed E-state index contributed by atoms with van der Waals surface area (Å²) in [6.07, 6.45) is 0.247. The number of hydrogen-bond donors (Lipinski definition) is 2. The monoisotopic (exact) mass is 523 g/mol. The predicted molar refractivity (Wildman–Crippen MR) is 131 cm³/mol. The van der Waals surface area contributed by atoms with Crippen LogP contribution in [0, 0.1) is 0 Å². The summed E-state index contributed by atoms with van der Waals surface area (Å²) in [5, 5.41) is 4.85. The number of ether oxygens (including phenoxy) is 4. The first-order chi connectivity index (χ1) is 17.8. The van der Waals surface area contributed by atoms with Gasteiger partial charge in [-0.25, -0.2) is 9.31 Å². The lowest BCUT2D eigenvalue weighted by Crippen LogP contribution is -2.41. The zero-order valence-electron chi connectivity index (χ0n) is 19.5. The second-order valence-electron chi connectivity index (χ2n) is 9.03. The van der Waals surface area contributed by atoms with Crippen molar-refractivity contribution in [3.63, 3.8) is 0 Å². The highest BCUT2D eigenvalue weighted by molar-refractivity contribution is 6.30. The molecule has 0 bridgehead atoms. The van der Waals surface area contributed by atoms with Crippen LogP contribution in [0.15, 0.2) is 65.7 Å². The molecule has 12 heteroatoms. The number of H-pyrrole nitrogens is 1. The van der Waals surface area contributed by atoms with E-state index in [9.17, 15) is 9.59 Å². The SMILES string of the molecule is C[C@@]12OC(c3ccc(Cl)cc3)O[C@@H]1[C@@H](COC(=O)c1cccnc1)O[C@H]2c1ccc2c(=O)[nH]c(N)nn12. The van der Waals surface area contributed by atoms with E-state index < -0.39 is 36.2 Å². The van der Waals surface area contributed by atoms with Gasteiger partial charge in [0, 0.05) is 23.0 Å². The summed E-state index contributed by atoms with van der Waals surface area (Å²) >= 11 is 6.06. The van der Waals surface area contributed by atoms with E-state index in [1.165, 1.54) is 10.7 Å². The minimum absolute atomic E-state index is 0.0424. The van der Waals surface area contributed by atoms with Gasteiger partial charge in [0.05, 0.1) is 11.3 Å². The molecule has 11 nitrogen and oxygen atoms in total. The topological polar surface area (TPSA) is 143 Å². The maximum atomic E-state index is 12.6. The van der Waals surface area contributed by atoms with Crippen LogP contribution in [0.25, 0.3) is 5.52 Å². The van der Waals surface area contributed by atoms with Crippen molar-refractivity contribution in [3.8, 4) is 0 Å². The summed E-state index contributed by atoms with van der Waals surface area (Å²) < 4.78 is 26.2. The minimum Gasteiger partial charge on any atom is -0.459 e. The van der Waals surface area contributed by atoms with Crippen LogP contribution >= 0.6 is 11.6 Å². The lowest BCUT2D eigenvalue weighted by atomic mass is 9.91. The van der Waals surface area contributed by atoms with Gasteiger partial charge in [-0.15, -0.1) is 5.10 Å². The van der Waals surface area contributed by atoms with E-state index in [1.54, 1.807) is 42.6 Å². The maximum Gasteiger partial charge on any atom is 0.339 e. The van der Waals surface area contributed by atoms with Gasteiger partial charge < -0.3 is 24.7 Å². The number of aromatic amines is 1. The van der Waals surface area contributed by atoms with Gasteiger partial charge >= 0.3 is 5.97 Å². The van der Waals surface area contributed by atoms with Gasteiger partial charge in [0.2, 0.25) is 5.95 Å². The lowest BCUT2D eigenvalue weighted by Gasteiger charge is -2.27. The van der Waals surface area contributed by atoms with Crippen LogP contribution in [0.2, 0.25) is 5.02 Å². The highest BCUT2D eigenvalue weighted by Crippen LogP contribution is 2.53. The van der Waals surface area contributed by atoms with Crippen LogP contribution in [0.1, 0.15) is 40.9 Å². The molecule has 0 radical (unpaired) electrons. The number of carbonyl (C=O) groups is 1. The number of benzene rings is 1. The molecule has 0 saturated carbocycles. The zero-order valence-corrected chi connectivity index (χ0v) is 20.3. The molecule has 3 aromatic heterocycles. The number of pyridine rings is 1. The maximum absolute atomic E-state index is 12.6. The summed E-state index contributed by atoms with van der Waals surface area (Å²) in [6.45, 7) is 1.76. The Morgan fingerprint density at radius 1 is 1.22 bits per heavy atom. The number of fused-ring (bicyclic) bond motifs is 2. The Morgan fingerprint density at radius 2 is 2.03 bits per heavy atom. The normalized spacial score (nSPS) is 26.9. The smallest absolute Gasteiger partial charge is 0.339 e. The molecule has 5 heterocycles. The first-order valence-corrected chi connectivity index (χ1v) is 11.9. The molecule has 2 fully saturated rings. The number of aromatic nitrogens is 4. The van der Waals surface area contributed by atoms with Crippen LogP contribution < -0.4 is 11.3 Å². The number of anilines is 1. The van der Waals surface area contributed by atoms with E-state index in [4.69, 9.17) is 36.3 Å². The van der Waals surface area contributed by atoms with Crippen LogP contribution in [-0.2, 0) is 18.9 Å². The van der Waals surface area contributed by atoms with Crippen molar-refractivity contribution in [2.45, 2.75) is 37.1 Å². The van der Waals surface area contributed by atoms with Gasteiger partial charge in [-0.2, -0.15) is 0 Å². The Labute approximate surface area is 215 Å². The van der Waals surface area contributed by atoms with Gasteiger partial charge in [-0.1, -0.05) is 23.7 Å². The van der Waals surface area contributed by atoms with Crippen molar-refractivity contribution in [3.05, 3.63) is 93.1 Å². The molecule has 1 aromatic carbocycles. The second-order valence-corrected chi connectivity index (χ2v) is 9.47. The van der Waals surface area contributed by atoms with Crippen LogP contribution in [0.3, 0.4) is 0 Å². The number of esters is 1. The van der Waals surface area contributed by atoms with Gasteiger partial charge in [-0.3, -0.25) is 14.8 Å². The molecule has 2 aliphatic heterocycles. The van der Waals surface area contributed by atoms with E-state index in [2.05, 4.69) is 15.1 Å². The largest absolute Gasteiger partial charge is 0.459 e. The molecule has 5 atom stereocenters. The fourth-order valence-electron chi connectivity index (χ4n) is 4.86. The van der Waals surface area contributed by atoms with Crippen LogP contribution in [-0.4, -0.2) is 50.0 Å². The summed E-state index contributed by atoms with van der Waals surface area (Å²) in [5.74, 6) is -0.580. The average molecular weight is 524 g/mol. The minimum atomic E-state index is -1.02. The number of halogens is 1. The number of nitrogens with zero attached hydrogens (tertiary/aromatic N) is 3. The summed E-state index contributed by atoms with van der Waals surface area (Å²) in [5.41, 5.74) is 6.32. The Bertz CT molecular complexity index is 1520. The molecular weight excluding hydrogens is 502 g/mol. The van der Waals surface area contributed by atoms with Crippen molar-refractivity contribution >= 4 is 29.0 Å². The van der Waals surface area contributed by atoms with E-state index in [0.29, 0.717) is 21.8 Å². The van der Waals surface area contributed by atoms with E-state index >= 15 is 0 Å². The third-order valence-corrected chi connectivity index (χ3v) is 6.87. The van der Waals surface area contributed by atoms with Crippen molar-refractivity contribution in [1.29, 1.82) is 0 Å². The molecule has 1 unspecified atom stereocenters. The fourth-order valence-corrected chi connectivity index (χ4v) is 4.99. The lowest BCUT2D eigenvalue weighted by molar-refractivity contribution is -0.158. The van der Waals surface area contributed by atoms with E-state index in [1.807, 2.05) is 19.1 Å². The number of nitrogens with one attached hydrogen (secondary N) is 1. The van der Waals surface area contributed by atoms with Crippen molar-refractivity contribution in [2.24, 2.45) is 0 Å². The summed E-state index contributed by atoms with van der Waals surface area (Å²) in [7, 11) is 0. The molecule has 3 N–H and O–H groups in total. The Balaban J connectivity index is 1.34. The predicted octanol–water partition coefficient (Wildman–Crippen LogP) is 2.82. The number of nitrogens with two attached hydrogens (primary N) is 1. The van der Waals surface area contributed by atoms with Gasteiger partial charge in [-0.05, 0) is 43.3 Å². The zero-order chi connectivity index (χ0) is 25.7. The van der Waals surface area contributed by atoms with Crippen molar-refractivity contribution < 1.29 is 23.7 Å². The molecule has 2 aliphatic rings. The molecule has 4 aromatic rings. The Hall–Kier alpha value is -3.77. The molecule has 37 heavy (non-hydrogen) atoms. The van der Waals surface area contributed by atoms with Crippen LogP contribution in [0.5, 0.6) is 0 Å². The fraction of sp³-hybridized carbons (Fsp3) is 0.280. The third-order valence-electron chi connectivity index (χ3n) is 6.62. The second kappa shape index (κ2) is 8.96. The molecular formula is C25H22ClN5O6. The number of nitrogen functional groups attached to an aromatic ring is 1. The molecule has 0 aliphatic carbocycles. The van der Waals surface area contributed by atoms with Gasteiger partial charge in [0.1, 0.15) is 36.0 Å². The van der Waals surface area contributed by atoms with Crippen molar-refractivity contribution in [1.82, 2.24) is 19.6 Å². The Kier molecular flexibility index (Phi) is 5.72. The van der Waals surface area contributed by atoms with E-state index in [0.717, 1.165) is 5.56 Å². The average Bonchev–Trinajstić information content (AvgIpc) is 3.53. The van der Waals surface area contributed by atoms with Gasteiger partial charge in [0.25, 0.3) is 5.56 Å². The number of carbonyl (C=O) groups excluding carboxylic acids is 1. The van der Waals surface area contributed by atoms with E-state index in [-0.39, 0.29) is 18.1 Å². The molecule has 2 saturated heterocycles. The highest BCUT2D eigenvalue weighted by Gasteiger charge is 2.62. The first-order valence-electron chi connectivity index (χ1n) is 11.5. The summed E-state index contributed by atoms with van der Waals surface area (Å²) in [4.78, 5) is 31.4. The van der Waals surface area contributed by atoms with Crippen LogP contribution in [0.4, 0.5) is 5.95 Å². The highest BCUT2D eigenvalue weighted by atomic mass is 35.5. The van der Waals surface area contributed by atoms with Crippen molar-refractivity contribution in [2.75, 3.05) is 12.3 Å². The molecule has 0 amide bonds. The standard InChI is InChI=1S/C25H22ClN5O6/c1-25-19(16-8-9-17-21(32)29-24(27)30-31(16)17)35-18(12-34-22(33)14-3-2-10-28-11-14)20(25)36-23(37-25)13-4-6-15(26)7-5-13/h2-11,18-20,23H,12H2,1H3,(H3,27,29,30,32)/t18-,19+,20-,23?,25+/m1/s1. The third kappa shape index (κ3) is 4.05. The molecule has 190 valence electrons. The molecule has 0 spiro atoms. The Morgan fingerprint density at radius 3 is 2.78 bits per heavy atom.